The van der Waals surface area contributed by atoms with Gasteiger partial charge in [-0.05, 0) is 48.8 Å². The zero-order valence-corrected chi connectivity index (χ0v) is 14.4. The molecule has 0 bridgehead atoms. The molecular weight excluding hydrogens is 309 g/mol. The topological polar surface area (TPSA) is 84.2 Å². The van der Waals surface area contributed by atoms with Crippen molar-refractivity contribution in [3.8, 4) is 0 Å². The first kappa shape index (κ1) is 18.2. The van der Waals surface area contributed by atoms with E-state index in [1.54, 1.807) is 0 Å². The summed E-state index contributed by atoms with van der Waals surface area (Å²) in [6.07, 6.45) is 3.24. The zero-order valence-electron chi connectivity index (χ0n) is 14.4. The fourth-order valence-electron chi connectivity index (χ4n) is 3.50. The van der Waals surface area contributed by atoms with E-state index in [0.29, 0.717) is 23.4 Å². The molecule has 1 saturated carbocycles. The monoisotopic (exact) mass is 335 g/mol. The molecule has 2 rings (SSSR count). The molecule has 1 aromatic rings. The van der Waals surface area contributed by atoms with Crippen molar-refractivity contribution < 1.29 is 14.0 Å². The van der Waals surface area contributed by atoms with E-state index in [1.165, 1.54) is 18.6 Å². The number of benzene rings is 1. The molecule has 132 valence electrons. The number of hydrogen-bond acceptors (Lipinski definition) is 2. The van der Waals surface area contributed by atoms with E-state index in [-0.39, 0.29) is 17.6 Å². The van der Waals surface area contributed by atoms with E-state index in [4.69, 9.17) is 5.73 Å². The molecule has 0 unspecified atom stereocenters. The summed E-state index contributed by atoms with van der Waals surface area (Å²) in [5, 5.41) is 5.69. The predicted octanol–water partition coefficient (Wildman–Crippen LogP) is 3.51. The number of rotatable bonds is 4. The number of nitrogens with one attached hydrogen (secondary N) is 2. The number of nitrogens with two attached hydrogens (primary N) is 1. The van der Waals surface area contributed by atoms with E-state index >= 15 is 0 Å². The molecule has 4 N–H and O–H groups in total. The van der Waals surface area contributed by atoms with Gasteiger partial charge in [0.05, 0.1) is 5.56 Å². The average molecular weight is 335 g/mol. The second kappa shape index (κ2) is 7.64. The van der Waals surface area contributed by atoms with Crippen LogP contribution < -0.4 is 16.4 Å². The van der Waals surface area contributed by atoms with Crippen LogP contribution in [0.2, 0.25) is 0 Å². The Morgan fingerprint density at radius 1 is 1.29 bits per heavy atom. The molecule has 6 heteroatoms. The summed E-state index contributed by atoms with van der Waals surface area (Å²) in [6.45, 7) is 6.54. The molecule has 1 aromatic carbocycles. The zero-order chi connectivity index (χ0) is 17.9. The molecule has 1 aliphatic rings. The van der Waals surface area contributed by atoms with Crippen LogP contribution >= 0.6 is 0 Å². The van der Waals surface area contributed by atoms with Crippen LogP contribution in [0.1, 0.15) is 50.4 Å². The molecule has 3 amide bonds. The van der Waals surface area contributed by atoms with Crippen molar-refractivity contribution in [3.05, 3.63) is 29.6 Å². The van der Waals surface area contributed by atoms with Gasteiger partial charge >= 0.3 is 6.03 Å². The minimum absolute atomic E-state index is 0.116. The molecular formula is C18H26FN3O2. The molecule has 0 saturated heterocycles. The number of anilines is 1. The van der Waals surface area contributed by atoms with E-state index in [1.807, 2.05) is 0 Å². The van der Waals surface area contributed by atoms with Crippen molar-refractivity contribution in [2.45, 2.75) is 46.1 Å². The molecule has 0 aliphatic heterocycles. The Morgan fingerprint density at radius 2 is 2.00 bits per heavy atom. The van der Waals surface area contributed by atoms with Crippen molar-refractivity contribution in [1.29, 1.82) is 0 Å². The van der Waals surface area contributed by atoms with E-state index in [9.17, 15) is 14.0 Å². The third-order valence-electron chi connectivity index (χ3n) is 4.83. The van der Waals surface area contributed by atoms with Gasteiger partial charge in [-0.25, -0.2) is 9.18 Å². The second-order valence-electron chi connectivity index (χ2n) is 7.09. The van der Waals surface area contributed by atoms with Gasteiger partial charge in [0.25, 0.3) is 5.91 Å². The van der Waals surface area contributed by atoms with E-state index in [2.05, 4.69) is 31.4 Å². The van der Waals surface area contributed by atoms with Crippen LogP contribution in [0.15, 0.2) is 18.2 Å². The molecule has 3 atom stereocenters. The van der Waals surface area contributed by atoms with Crippen molar-refractivity contribution in [2.75, 3.05) is 5.32 Å². The smallest absolute Gasteiger partial charge is 0.319 e. The van der Waals surface area contributed by atoms with E-state index in [0.717, 1.165) is 18.9 Å². The summed E-state index contributed by atoms with van der Waals surface area (Å²) >= 11 is 0. The quantitative estimate of drug-likeness (QED) is 0.786. The molecule has 1 fully saturated rings. The second-order valence-corrected chi connectivity index (χ2v) is 7.09. The number of urea groups is 1. The Labute approximate surface area is 142 Å². The van der Waals surface area contributed by atoms with Crippen LogP contribution in [0.25, 0.3) is 0 Å². The van der Waals surface area contributed by atoms with Crippen LogP contribution in [0, 0.1) is 23.6 Å². The van der Waals surface area contributed by atoms with Crippen LogP contribution in [-0.2, 0) is 0 Å². The Kier molecular flexibility index (Phi) is 5.80. The number of amides is 3. The summed E-state index contributed by atoms with van der Waals surface area (Å²) in [5.41, 5.74) is 5.23. The van der Waals surface area contributed by atoms with Gasteiger partial charge in [0, 0.05) is 11.7 Å². The Hall–Kier alpha value is -2.11. The summed E-state index contributed by atoms with van der Waals surface area (Å²) < 4.78 is 13.5. The summed E-state index contributed by atoms with van der Waals surface area (Å²) in [4.78, 5) is 23.5. The van der Waals surface area contributed by atoms with Gasteiger partial charge in [0.2, 0.25) is 0 Å². The number of hydrogen-bond donors (Lipinski definition) is 3. The molecule has 0 aromatic heterocycles. The highest BCUT2D eigenvalue weighted by Gasteiger charge is 2.31. The molecule has 0 spiro atoms. The molecule has 5 nitrogen and oxygen atoms in total. The van der Waals surface area contributed by atoms with Gasteiger partial charge in [-0.15, -0.1) is 0 Å². The largest absolute Gasteiger partial charge is 0.366 e. The minimum atomic E-state index is -0.863. The lowest BCUT2D eigenvalue weighted by atomic mass is 9.74. The number of carbonyl (C=O) groups excluding carboxylic acids is 2. The third kappa shape index (κ3) is 4.46. The predicted molar refractivity (Wildman–Crippen MR) is 92.2 cm³/mol. The normalized spacial score (nSPS) is 23.8. The number of carbonyl (C=O) groups is 2. The fourth-order valence-corrected chi connectivity index (χ4v) is 3.50. The lowest BCUT2D eigenvalue weighted by Crippen LogP contribution is -2.47. The summed E-state index contributed by atoms with van der Waals surface area (Å²) in [7, 11) is 0. The lowest BCUT2D eigenvalue weighted by Gasteiger charge is -2.37. The molecule has 1 aliphatic carbocycles. The maximum Gasteiger partial charge on any atom is 0.319 e. The third-order valence-corrected chi connectivity index (χ3v) is 4.83. The minimum Gasteiger partial charge on any atom is -0.366 e. The first-order valence-electron chi connectivity index (χ1n) is 8.44. The Balaban J connectivity index is 2.04. The van der Waals surface area contributed by atoms with E-state index < -0.39 is 11.7 Å². The summed E-state index contributed by atoms with van der Waals surface area (Å²) in [5.74, 6) is -0.0408. The molecule has 0 heterocycles. The van der Waals surface area contributed by atoms with Gasteiger partial charge < -0.3 is 16.4 Å². The van der Waals surface area contributed by atoms with Gasteiger partial charge in [-0.3, -0.25) is 4.79 Å². The first-order valence-corrected chi connectivity index (χ1v) is 8.44. The number of halogens is 1. The highest BCUT2D eigenvalue weighted by atomic mass is 19.1. The maximum atomic E-state index is 13.5. The van der Waals surface area contributed by atoms with Crippen molar-refractivity contribution >= 4 is 17.6 Å². The van der Waals surface area contributed by atoms with Crippen molar-refractivity contribution in [3.63, 3.8) is 0 Å². The first-order chi connectivity index (χ1) is 11.3. The highest BCUT2D eigenvalue weighted by molar-refractivity contribution is 5.96. The van der Waals surface area contributed by atoms with Gasteiger partial charge in [0.15, 0.2) is 0 Å². The average Bonchev–Trinajstić information content (AvgIpc) is 2.48. The van der Waals surface area contributed by atoms with Crippen molar-refractivity contribution in [1.82, 2.24) is 5.32 Å². The highest BCUT2D eigenvalue weighted by Crippen LogP contribution is 2.33. The van der Waals surface area contributed by atoms with Crippen LogP contribution in [0.3, 0.4) is 0 Å². The van der Waals surface area contributed by atoms with Gasteiger partial charge in [-0.1, -0.05) is 27.2 Å². The van der Waals surface area contributed by atoms with Crippen LogP contribution in [0.4, 0.5) is 14.9 Å². The van der Waals surface area contributed by atoms with Crippen LogP contribution in [0.5, 0.6) is 0 Å². The number of primary amides is 1. The van der Waals surface area contributed by atoms with Gasteiger partial charge in [-0.2, -0.15) is 0 Å². The standard InChI is InChI=1S/C18H26FN3O2/c1-10(2)13-6-4-11(3)8-16(13)22-18(24)21-12-5-7-15(19)14(9-12)17(20)23/h5,7,9-11,13,16H,4,6,8H2,1-3H3,(H2,20,23)(H2,21,22,24)/t11-,13+,16+/m1/s1. The van der Waals surface area contributed by atoms with Gasteiger partial charge in [0.1, 0.15) is 5.82 Å². The van der Waals surface area contributed by atoms with Crippen molar-refractivity contribution in [2.24, 2.45) is 23.5 Å². The molecule has 0 radical (unpaired) electrons. The summed E-state index contributed by atoms with van der Waals surface area (Å²) in [6, 6.07) is 3.55. The Morgan fingerprint density at radius 3 is 2.62 bits per heavy atom. The molecule has 24 heavy (non-hydrogen) atoms. The fraction of sp³-hybridized carbons (Fsp3) is 0.556. The Bertz CT molecular complexity index is 618. The lowest BCUT2D eigenvalue weighted by molar-refractivity contribution is 0.0996. The van der Waals surface area contributed by atoms with Crippen LogP contribution in [-0.4, -0.2) is 18.0 Å². The maximum absolute atomic E-state index is 13.5. The SMILES string of the molecule is CC(C)[C@@H]1CC[C@@H](C)C[C@@H]1NC(=O)Nc1ccc(F)c(C(N)=O)c1.